The first-order valence-corrected chi connectivity index (χ1v) is 5.98. The van der Waals surface area contributed by atoms with Crippen molar-refractivity contribution in [1.82, 2.24) is 5.32 Å². The zero-order valence-electron chi connectivity index (χ0n) is 10.4. The second-order valence-electron chi connectivity index (χ2n) is 4.06. The monoisotopic (exact) mass is 257 g/mol. The van der Waals surface area contributed by atoms with Gasteiger partial charge in [-0.25, -0.2) is 0 Å². The Hall–Kier alpha value is -2.33. The highest BCUT2D eigenvalue weighted by Gasteiger charge is 2.00. The first kappa shape index (κ1) is 13.1. The van der Waals surface area contributed by atoms with Crippen molar-refractivity contribution in [2.24, 2.45) is 0 Å². The van der Waals surface area contributed by atoms with Gasteiger partial charge in [0, 0.05) is 6.54 Å². The van der Waals surface area contributed by atoms with Crippen LogP contribution in [0.1, 0.15) is 5.56 Å². The van der Waals surface area contributed by atoms with Gasteiger partial charge in [-0.2, -0.15) is 0 Å². The topological polar surface area (TPSA) is 58.6 Å². The van der Waals surface area contributed by atoms with E-state index in [2.05, 4.69) is 5.32 Å². The molecule has 0 radical (unpaired) electrons. The predicted molar refractivity (Wildman–Crippen MR) is 72.3 cm³/mol. The molecule has 2 N–H and O–H groups in total. The zero-order valence-corrected chi connectivity index (χ0v) is 10.4. The Balaban J connectivity index is 1.97. The van der Waals surface area contributed by atoms with Crippen molar-refractivity contribution in [1.29, 1.82) is 0 Å². The Morgan fingerprint density at radius 3 is 2.53 bits per heavy atom. The summed E-state index contributed by atoms with van der Waals surface area (Å²) in [6, 6.07) is 17.1. The SMILES string of the molecule is O=C(O)CNCc1cccc(Oc2ccccc2)c1. The second-order valence-corrected chi connectivity index (χ2v) is 4.06. The van der Waals surface area contributed by atoms with Gasteiger partial charge in [-0.15, -0.1) is 0 Å². The van der Waals surface area contributed by atoms with Crippen molar-refractivity contribution in [2.45, 2.75) is 6.54 Å². The van der Waals surface area contributed by atoms with Gasteiger partial charge in [-0.3, -0.25) is 4.79 Å². The largest absolute Gasteiger partial charge is 0.480 e. The molecular formula is C15H15NO3. The minimum atomic E-state index is -0.864. The van der Waals surface area contributed by atoms with Gasteiger partial charge in [0.2, 0.25) is 0 Å². The van der Waals surface area contributed by atoms with E-state index >= 15 is 0 Å². The number of hydrogen-bond acceptors (Lipinski definition) is 3. The van der Waals surface area contributed by atoms with Crippen molar-refractivity contribution in [3.05, 3.63) is 60.2 Å². The van der Waals surface area contributed by atoms with Crippen molar-refractivity contribution in [2.75, 3.05) is 6.54 Å². The number of nitrogens with one attached hydrogen (secondary N) is 1. The molecule has 2 rings (SSSR count). The maximum Gasteiger partial charge on any atom is 0.317 e. The molecule has 0 aliphatic rings. The van der Waals surface area contributed by atoms with Crippen LogP contribution in [-0.4, -0.2) is 17.6 Å². The van der Waals surface area contributed by atoms with E-state index in [1.807, 2.05) is 54.6 Å². The molecule has 2 aromatic carbocycles. The van der Waals surface area contributed by atoms with E-state index in [1.165, 1.54) is 0 Å². The fourth-order valence-corrected chi connectivity index (χ4v) is 1.66. The van der Waals surface area contributed by atoms with E-state index in [-0.39, 0.29) is 6.54 Å². The van der Waals surface area contributed by atoms with Gasteiger partial charge in [0.15, 0.2) is 0 Å². The maximum absolute atomic E-state index is 10.4. The van der Waals surface area contributed by atoms with Gasteiger partial charge in [-0.1, -0.05) is 30.3 Å². The van der Waals surface area contributed by atoms with Gasteiger partial charge in [0.1, 0.15) is 11.5 Å². The van der Waals surface area contributed by atoms with E-state index in [9.17, 15) is 4.79 Å². The van der Waals surface area contributed by atoms with Crippen LogP contribution in [0.4, 0.5) is 0 Å². The lowest BCUT2D eigenvalue weighted by molar-refractivity contribution is -0.135. The molecule has 0 atom stereocenters. The highest BCUT2D eigenvalue weighted by atomic mass is 16.5. The average Bonchev–Trinajstić information content (AvgIpc) is 2.40. The summed E-state index contributed by atoms with van der Waals surface area (Å²) < 4.78 is 5.70. The molecule has 0 unspecified atom stereocenters. The number of aliphatic carboxylic acids is 1. The lowest BCUT2D eigenvalue weighted by atomic mass is 10.2. The van der Waals surface area contributed by atoms with Crippen molar-refractivity contribution in [3.8, 4) is 11.5 Å². The highest BCUT2D eigenvalue weighted by Crippen LogP contribution is 2.21. The van der Waals surface area contributed by atoms with Crippen LogP contribution in [0.25, 0.3) is 0 Å². The van der Waals surface area contributed by atoms with Crippen LogP contribution >= 0.6 is 0 Å². The number of carboxylic acids is 1. The molecule has 0 bridgehead atoms. The standard InChI is InChI=1S/C15H15NO3/c17-15(18)11-16-10-12-5-4-8-14(9-12)19-13-6-2-1-3-7-13/h1-9,16H,10-11H2,(H,17,18). The molecule has 4 nitrogen and oxygen atoms in total. The summed E-state index contributed by atoms with van der Waals surface area (Å²) in [6.07, 6.45) is 0. The number of ether oxygens (including phenoxy) is 1. The van der Waals surface area contributed by atoms with Gasteiger partial charge in [-0.05, 0) is 29.8 Å². The van der Waals surface area contributed by atoms with E-state index in [0.717, 1.165) is 17.1 Å². The van der Waals surface area contributed by atoms with Crippen molar-refractivity contribution in [3.63, 3.8) is 0 Å². The lowest BCUT2D eigenvalue weighted by Crippen LogP contribution is -2.21. The minimum Gasteiger partial charge on any atom is -0.480 e. The van der Waals surface area contributed by atoms with E-state index < -0.39 is 5.97 Å². The van der Waals surface area contributed by atoms with E-state index in [0.29, 0.717) is 6.54 Å². The third-order valence-corrected chi connectivity index (χ3v) is 2.48. The van der Waals surface area contributed by atoms with Gasteiger partial charge in [0.05, 0.1) is 6.54 Å². The quantitative estimate of drug-likeness (QED) is 0.835. The molecule has 0 saturated heterocycles. The van der Waals surface area contributed by atoms with Crippen LogP contribution in [0.3, 0.4) is 0 Å². The van der Waals surface area contributed by atoms with Crippen LogP contribution in [0.15, 0.2) is 54.6 Å². The van der Waals surface area contributed by atoms with Crippen LogP contribution in [0.2, 0.25) is 0 Å². The van der Waals surface area contributed by atoms with Crippen LogP contribution in [-0.2, 0) is 11.3 Å². The minimum absolute atomic E-state index is 0.0518. The Labute approximate surface area is 111 Å². The van der Waals surface area contributed by atoms with E-state index in [4.69, 9.17) is 9.84 Å². The van der Waals surface area contributed by atoms with Crippen LogP contribution < -0.4 is 10.1 Å². The molecule has 0 fully saturated rings. The number of benzene rings is 2. The van der Waals surface area contributed by atoms with Gasteiger partial charge in [0.25, 0.3) is 0 Å². The lowest BCUT2D eigenvalue weighted by Gasteiger charge is -2.07. The molecule has 0 heterocycles. The Bertz CT molecular complexity index is 540. The number of rotatable bonds is 6. The first-order chi connectivity index (χ1) is 9.24. The first-order valence-electron chi connectivity index (χ1n) is 5.98. The summed E-state index contributed by atoms with van der Waals surface area (Å²) in [5, 5.41) is 11.4. The number of carbonyl (C=O) groups is 1. The molecular weight excluding hydrogens is 242 g/mol. The summed E-state index contributed by atoms with van der Waals surface area (Å²) in [4.78, 5) is 10.4. The predicted octanol–water partition coefficient (Wildman–Crippen LogP) is 2.65. The number of carboxylic acid groups (broad SMARTS) is 1. The fourth-order valence-electron chi connectivity index (χ4n) is 1.66. The third-order valence-electron chi connectivity index (χ3n) is 2.48. The Morgan fingerprint density at radius 2 is 1.79 bits per heavy atom. The number of para-hydroxylation sites is 1. The van der Waals surface area contributed by atoms with Gasteiger partial charge < -0.3 is 15.2 Å². The van der Waals surface area contributed by atoms with Crippen LogP contribution in [0.5, 0.6) is 11.5 Å². The summed E-state index contributed by atoms with van der Waals surface area (Å²) in [5.74, 6) is 0.649. The average molecular weight is 257 g/mol. The summed E-state index contributed by atoms with van der Waals surface area (Å²) in [5.41, 5.74) is 0.981. The highest BCUT2D eigenvalue weighted by molar-refractivity contribution is 5.69. The molecule has 0 aromatic heterocycles. The zero-order chi connectivity index (χ0) is 13.5. The molecule has 0 amide bonds. The van der Waals surface area contributed by atoms with Gasteiger partial charge >= 0.3 is 5.97 Å². The smallest absolute Gasteiger partial charge is 0.317 e. The number of hydrogen-bond donors (Lipinski definition) is 2. The fraction of sp³-hybridized carbons (Fsp3) is 0.133. The summed E-state index contributed by atoms with van der Waals surface area (Å²) in [7, 11) is 0. The second kappa shape index (κ2) is 6.56. The molecule has 2 aromatic rings. The molecule has 0 aliphatic carbocycles. The molecule has 98 valence electrons. The Kier molecular flexibility index (Phi) is 4.53. The molecule has 0 saturated carbocycles. The Morgan fingerprint density at radius 1 is 1.05 bits per heavy atom. The van der Waals surface area contributed by atoms with E-state index in [1.54, 1.807) is 0 Å². The molecule has 0 aliphatic heterocycles. The molecule has 0 spiro atoms. The van der Waals surface area contributed by atoms with Crippen molar-refractivity contribution < 1.29 is 14.6 Å². The normalized spacial score (nSPS) is 10.1. The summed E-state index contributed by atoms with van der Waals surface area (Å²) >= 11 is 0. The van der Waals surface area contributed by atoms with Crippen molar-refractivity contribution >= 4 is 5.97 Å². The van der Waals surface area contributed by atoms with Crippen LogP contribution in [0, 0.1) is 0 Å². The third kappa shape index (κ3) is 4.44. The molecule has 4 heteroatoms. The summed E-state index contributed by atoms with van der Waals surface area (Å²) in [6.45, 7) is 0.446. The molecule has 19 heavy (non-hydrogen) atoms. The maximum atomic E-state index is 10.4.